The maximum absolute atomic E-state index is 8.36. The summed E-state index contributed by atoms with van der Waals surface area (Å²) in [5.74, 6) is 0. The summed E-state index contributed by atoms with van der Waals surface area (Å²) in [5.41, 5.74) is 0. The summed E-state index contributed by atoms with van der Waals surface area (Å²) in [6, 6.07) is 0. The molecule has 0 aromatic heterocycles. The van der Waals surface area contributed by atoms with Gasteiger partial charge in [0.15, 0.2) is 0 Å². The Kier molecular flexibility index (Phi) is 3.30. The normalized spacial score (nSPS) is 16.9. The molecule has 0 aliphatic carbocycles. The summed E-state index contributed by atoms with van der Waals surface area (Å²) >= 11 is -8.17. The van der Waals surface area contributed by atoms with Crippen molar-refractivity contribution in [3.8, 4) is 0 Å². The van der Waals surface area contributed by atoms with Gasteiger partial charge in [-0.25, -0.2) is 0 Å². The fourth-order valence-electron chi connectivity index (χ4n) is 0. The quantitative estimate of drug-likeness (QED) is 0.174. The second kappa shape index (κ2) is 2.63. The van der Waals surface area contributed by atoms with Crippen LogP contribution in [-0.4, -0.2) is 20.5 Å². The molecule has 0 bridgehead atoms. The first-order valence-corrected chi connectivity index (χ1v) is 7.20. The van der Waals surface area contributed by atoms with Crippen LogP contribution < -0.4 is 0 Å². The summed E-state index contributed by atoms with van der Waals surface area (Å²) in [6.07, 6.45) is 0. The average Bonchev–Trinajstić information content (AvgIpc) is 1.11. The second-order valence-electron chi connectivity index (χ2n) is 1.24. The van der Waals surface area contributed by atoms with Crippen molar-refractivity contribution in [2.75, 3.05) is 0 Å². The average molecular weight is 324 g/mol. The molecule has 75 valence electrons. The molecule has 11 heavy (non-hydrogen) atoms. The molecule has 0 saturated carbocycles. The summed E-state index contributed by atoms with van der Waals surface area (Å²) in [5, 5.41) is 13.6. The minimum absolute atomic E-state index is 1.50. The van der Waals surface area contributed by atoms with E-state index in [-0.39, 0.29) is 0 Å². The number of hydrogen-bond donors (Lipinski definition) is 7. The van der Waals surface area contributed by atoms with E-state index in [4.69, 9.17) is 25.6 Å². The Hall–Kier alpha value is 0.246. The SMILES string of the molecule is O=[N+]([O-])O.[OH][Tb]([OH])([OH])([OH])([OH])[OH]. The van der Waals surface area contributed by atoms with Crippen LogP contribution in [0.25, 0.3) is 0 Å². The van der Waals surface area contributed by atoms with Crippen LogP contribution in [0.2, 0.25) is 0 Å². The molecule has 0 rings (SSSR count). The van der Waals surface area contributed by atoms with Gasteiger partial charge < -0.3 is 5.21 Å². The van der Waals surface area contributed by atoms with Crippen LogP contribution in [-0.2, 0) is 0 Å². The van der Waals surface area contributed by atoms with Gasteiger partial charge in [-0.15, -0.1) is 10.1 Å². The first kappa shape index (κ1) is 13.8. The Labute approximate surface area is 60.5 Å². The van der Waals surface area contributed by atoms with Crippen LogP contribution in [0.3, 0.4) is 0 Å². The van der Waals surface area contributed by atoms with Crippen molar-refractivity contribution in [1.82, 2.24) is 0 Å². The Balaban J connectivity index is 0. The Morgan fingerprint density at radius 1 is 1.00 bits per heavy atom. The molecule has 0 saturated heterocycles. The van der Waals surface area contributed by atoms with Crippen molar-refractivity contribution >= 4 is 0 Å². The Morgan fingerprint density at radius 3 is 1.00 bits per heavy atom. The topological polar surface area (TPSA) is 185 Å². The molecule has 0 spiro atoms. The number of hydrogen-bond acceptors (Lipinski definition) is 8. The fraction of sp³-hybridized carbons (Fsp3) is 0. The van der Waals surface area contributed by atoms with E-state index < -0.39 is 35.2 Å². The predicted octanol–water partition coefficient (Wildman–Crippen LogP) is -3.69. The van der Waals surface area contributed by atoms with Crippen LogP contribution in [0.5, 0.6) is 0 Å². The first-order chi connectivity index (χ1) is 4.18. The van der Waals surface area contributed by atoms with Gasteiger partial charge in [-0.2, -0.15) is 0 Å². The van der Waals surface area contributed by atoms with Crippen LogP contribution >= 0.6 is 0 Å². The summed E-state index contributed by atoms with van der Waals surface area (Å²) in [7, 11) is 0. The molecule has 0 fully saturated rings. The zero-order valence-electron chi connectivity index (χ0n) is 4.73. The van der Waals surface area contributed by atoms with Gasteiger partial charge in [0.1, 0.15) is 0 Å². The van der Waals surface area contributed by atoms with Crippen molar-refractivity contribution in [3.63, 3.8) is 0 Å². The second-order valence-corrected chi connectivity index (χ2v) is 7.65. The third kappa shape index (κ3) is 11500. The van der Waals surface area contributed by atoms with E-state index in [9.17, 15) is 0 Å². The first-order valence-electron chi connectivity index (χ1n) is 1.46. The van der Waals surface area contributed by atoms with Crippen molar-refractivity contribution in [2.45, 2.75) is 0 Å². The van der Waals surface area contributed by atoms with Crippen molar-refractivity contribution in [3.05, 3.63) is 10.1 Å². The molecule has 0 heterocycles. The molecular formula is H7NO9Tb. The molecule has 0 amide bonds. The molecule has 0 radical (unpaired) electrons. The fourth-order valence-corrected chi connectivity index (χ4v) is 0. The van der Waals surface area contributed by atoms with Crippen LogP contribution in [0.4, 0.5) is 0 Å². The van der Waals surface area contributed by atoms with Gasteiger partial charge in [0.25, 0.3) is 5.09 Å². The zero-order valence-corrected chi connectivity index (χ0v) is 6.87. The van der Waals surface area contributed by atoms with E-state index in [1.165, 1.54) is 0 Å². The van der Waals surface area contributed by atoms with E-state index in [0.717, 1.165) is 0 Å². The van der Waals surface area contributed by atoms with E-state index in [1.807, 2.05) is 0 Å². The van der Waals surface area contributed by atoms with E-state index in [1.54, 1.807) is 0 Å². The van der Waals surface area contributed by atoms with Crippen molar-refractivity contribution in [2.24, 2.45) is 0 Å². The van der Waals surface area contributed by atoms with Crippen LogP contribution in [0.1, 0.15) is 0 Å². The molecular weight excluding hydrogens is 317 g/mol. The van der Waals surface area contributed by atoms with Gasteiger partial charge in [0.05, 0.1) is 0 Å². The third-order valence-corrected chi connectivity index (χ3v) is 0. The Bertz CT molecular complexity index is 127. The van der Waals surface area contributed by atoms with Crippen LogP contribution in [0.15, 0.2) is 0 Å². The molecule has 11 heteroatoms. The molecule has 0 atom stereocenters. The predicted molar refractivity (Wildman–Crippen MR) is 22.1 cm³/mol. The van der Waals surface area contributed by atoms with Gasteiger partial charge in [-0.1, -0.05) is 0 Å². The maximum atomic E-state index is 8.36. The van der Waals surface area contributed by atoms with Gasteiger partial charge in [-0.3, -0.25) is 0 Å². The van der Waals surface area contributed by atoms with E-state index in [0.29, 0.717) is 0 Å². The molecule has 0 aromatic rings. The summed E-state index contributed by atoms with van der Waals surface area (Å²) < 4.78 is 44.5. The van der Waals surface area contributed by atoms with Gasteiger partial charge in [-0.05, 0) is 0 Å². The van der Waals surface area contributed by atoms with E-state index >= 15 is 0 Å². The Morgan fingerprint density at radius 2 is 1.00 bits per heavy atom. The summed E-state index contributed by atoms with van der Waals surface area (Å²) in [4.78, 5) is 8.36. The number of nitrogens with zero attached hydrogens (tertiary/aromatic N) is 1. The van der Waals surface area contributed by atoms with Gasteiger partial charge in [0.2, 0.25) is 0 Å². The molecule has 7 N–H and O–H groups in total. The molecule has 0 aliphatic heterocycles. The third-order valence-electron chi connectivity index (χ3n) is 0. The summed E-state index contributed by atoms with van der Waals surface area (Å²) in [6.45, 7) is 0. The van der Waals surface area contributed by atoms with Crippen molar-refractivity contribution in [1.29, 1.82) is 0 Å². The van der Waals surface area contributed by atoms with Gasteiger partial charge in [0, 0.05) is 0 Å². The minimum atomic E-state index is -8.17. The zero-order chi connectivity index (χ0) is 9.99. The number of rotatable bonds is 0. The van der Waals surface area contributed by atoms with E-state index in [2.05, 4.69) is 0 Å². The molecule has 0 aliphatic rings. The molecule has 10 nitrogen and oxygen atoms in total. The van der Waals surface area contributed by atoms with Crippen molar-refractivity contribution < 1.29 is 50.7 Å². The van der Waals surface area contributed by atoms with Crippen LogP contribution in [0, 0.1) is 40.2 Å². The monoisotopic (exact) mass is 324 g/mol. The van der Waals surface area contributed by atoms with Gasteiger partial charge >= 0.3 is 40.4 Å². The molecule has 0 unspecified atom stereocenters. The molecule has 0 aromatic carbocycles. The standard InChI is InChI=1S/HNO3.6H2O.Tb/c2-1(3)4;;;;;;;/h(H,2,3,4);6*1H2;/q;;;;;;;+6/p-6.